The molecule has 1 nitrogen and oxygen atoms in total. The predicted molar refractivity (Wildman–Crippen MR) is 47.3 cm³/mol. The average molecular weight is 155 g/mol. The third kappa shape index (κ3) is 2.48. The molecule has 65 valence electrons. The van der Waals surface area contributed by atoms with E-state index >= 15 is 0 Å². The molecule has 1 aliphatic rings. The maximum Gasteiger partial charge on any atom is 0.0636 e. The lowest BCUT2D eigenvalue weighted by Gasteiger charge is -2.44. The number of hydrogen-bond donors (Lipinski definition) is 0. The van der Waals surface area contributed by atoms with Gasteiger partial charge in [-0.25, -0.2) is 0 Å². The van der Waals surface area contributed by atoms with E-state index in [-0.39, 0.29) is 11.2 Å². The molecule has 0 aromatic heterocycles. The highest BCUT2D eigenvalue weighted by molar-refractivity contribution is 4.88. The quantitative estimate of drug-likeness (QED) is 0.522. The summed E-state index contributed by atoms with van der Waals surface area (Å²) in [5.74, 6) is 0.550. The molecule has 0 atom stereocenters. The van der Waals surface area contributed by atoms with Crippen LogP contribution < -0.4 is 0 Å². The van der Waals surface area contributed by atoms with Crippen LogP contribution in [0.2, 0.25) is 0 Å². The van der Waals surface area contributed by atoms with E-state index in [0.717, 1.165) is 12.8 Å². The van der Waals surface area contributed by atoms with Crippen LogP contribution in [0, 0.1) is 12.8 Å². The largest absolute Gasteiger partial charge is 0.370 e. The highest BCUT2D eigenvalue weighted by Gasteiger charge is 2.37. The van der Waals surface area contributed by atoms with Crippen LogP contribution in [0.25, 0.3) is 0 Å². The molecule has 0 aromatic rings. The van der Waals surface area contributed by atoms with Crippen LogP contribution in [0.15, 0.2) is 0 Å². The van der Waals surface area contributed by atoms with Crippen molar-refractivity contribution in [2.75, 3.05) is 0 Å². The van der Waals surface area contributed by atoms with Gasteiger partial charge in [0.1, 0.15) is 0 Å². The van der Waals surface area contributed by atoms with Crippen LogP contribution in [0.4, 0.5) is 0 Å². The van der Waals surface area contributed by atoms with E-state index in [1.54, 1.807) is 0 Å². The molecule has 0 saturated carbocycles. The van der Waals surface area contributed by atoms with Crippen molar-refractivity contribution in [3.63, 3.8) is 0 Å². The maximum absolute atomic E-state index is 5.89. The van der Waals surface area contributed by atoms with Crippen molar-refractivity contribution in [3.05, 3.63) is 6.92 Å². The number of hydrogen-bond acceptors (Lipinski definition) is 1. The maximum atomic E-state index is 5.89. The molecule has 1 rings (SSSR count). The average Bonchev–Trinajstić information content (AvgIpc) is 1.49. The van der Waals surface area contributed by atoms with Crippen molar-refractivity contribution in [3.8, 4) is 0 Å². The predicted octanol–water partition coefficient (Wildman–Crippen LogP) is 2.80. The monoisotopic (exact) mass is 155 g/mol. The van der Waals surface area contributed by atoms with Crippen LogP contribution in [0.3, 0.4) is 0 Å². The van der Waals surface area contributed by atoms with Gasteiger partial charge in [0, 0.05) is 0 Å². The molecular weight excluding hydrogens is 136 g/mol. The zero-order chi connectivity index (χ0) is 8.70. The van der Waals surface area contributed by atoms with Crippen molar-refractivity contribution in [1.29, 1.82) is 0 Å². The minimum absolute atomic E-state index is 0.0220. The van der Waals surface area contributed by atoms with Crippen molar-refractivity contribution in [2.24, 2.45) is 5.92 Å². The highest BCUT2D eigenvalue weighted by atomic mass is 16.5. The Morgan fingerprint density at radius 1 is 1.09 bits per heavy atom. The van der Waals surface area contributed by atoms with Crippen molar-refractivity contribution < 1.29 is 4.74 Å². The van der Waals surface area contributed by atoms with Gasteiger partial charge in [0.15, 0.2) is 0 Å². The Hall–Kier alpha value is -0.0400. The summed E-state index contributed by atoms with van der Waals surface area (Å²) in [6.07, 6.45) is 2.16. The lowest BCUT2D eigenvalue weighted by Crippen LogP contribution is -2.44. The van der Waals surface area contributed by atoms with Crippen molar-refractivity contribution >= 4 is 0 Å². The third-order valence-electron chi connectivity index (χ3n) is 2.11. The molecule has 1 saturated heterocycles. The van der Waals surface area contributed by atoms with Gasteiger partial charge >= 0.3 is 0 Å². The SMILES string of the molecule is [CH2]C1CC(C)(C)OC(C)(C)C1. The molecule has 1 aliphatic heterocycles. The summed E-state index contributed by atoms with van der Waals surface area (Å²) in [5.41, 5.74) is 0.0440. The van der Waals surface area contributed by atoms with Gasteiger partial charge in [0.2, 0.25) is 0 Å². The Morgan fingerprint density at radius 2 is 1.45 bits per heavy atom. The van der Waals surface area contributed by atoms with Gasteiger partial charge in [-0.05, 0) is 53.4 Å². The van der Waals surface area contributed by atoms with E-state index in [0.29, 0.717) is 5.92 Å². The van der Waals surface area contributed by atoms with E-state index in [1.165, 1.54) is 0 Å². The molecule has 0 bridgehead atoms. The highest BCUT2D eigenvalue weighted by Crippen LogP contribution is 2.37. The summed E-state index contributed by atoms with van der Waals surface area (Å²) in [5, 5.41) is 0. The Labute approximate surface area is 70.1 Å². The smallest absolute Gasteiger partial charge is 0.0636 e. The van der Waals surface area contributed by atoms with Crippen LogP contribution in [0.1, 0.15) is 40.5 Å². The van der Waals surface area contributed by atoms with Gasteiger partial charge < -0.3 is 4.74 Å². The van der Waals surface area contributed by atoms with Crippen molar-refractivity contribution in [2.45, 2.75) is 51.7 Å². The first-order chi connectivity index (χ1) is 4.81. The summed E-state index contributed by atoms with van der Waals surface area (Å²) < 4.78 is 5.89. The molecule has 0 unspecified atom stereocenters. The summed E-state index contributed by atoms with van der Waals surface area (Å²) in [4.78, 5) is 0. The van der Waals surface area contributed by atoms with E-state index in [9.17, 15) is 0 Å². The van der Waals surface area contributed by atoms with E-state index in [4.69, 9.17) is 4.74 Å². The Kier molecular flexibility index (Phi) is 2.04. The van der Waals surface area contributed by atoms with Gasteiger partial charge in [0.25, 0.3) is 0 Å². The number of rotatable bonds is 0. The molecule has 0 N–H and O–H groups in total. The summed E-state index contributed by atoms with van der Waals surface area (Å²) in [6.45, 7) is 12.7. The summed E-state index contributed by atoms with van der Waals surface area (Å²) in [6, 6.07) is 0. The Morgan fingerprint density at radius 3 is 1.73 bits per heavy atom. The van der Waals surface area contributed by atoms with Crippen LogP contribution in [-0.4, -0.2) is 11.2 Å². The minimum Gasteiger partial charge on any atom is -0.370 e. The summed E-state index contributed by atoms with van der Waals surface area (Å²) in [7, 11) is 0. The van der Waals surface area contributed by atoms with Gasteiger partial charge in [-0.15, -0.1) is 0 Å². The van der Waals surface area contributed by atoms with E-state index in [1.807, 2.05) is 0 Å². The summed E-state index contributed by atoms with van der Waals surface area (Å²) >= 11 is 0. The lowest BCUT2D eigenvalue weighted by atomic mass is 9.82. The molecular formula is C10H19O. The van der Waals surface area contributed by atoms with Crippen LogP contribution in [0.5, 0.6) is 0 Å². The van der Waals surface area contributed by atoms with Crippen LogP contribution >= 0.6 is 0 Å². The normalized spacial score (nSPS) is 30.3. The molecule has 1 fully saturated rings. The fraction of sp³-hybridized carbons (Fsp3) is 0.900. The molecule has 0 spiro atoms. The Bertz CT molecular complexity index is 131. The van der Waals surface area contributed by atoms with Gasteiger partial charge in [0.05, 0.1) is 11.2 Å². The zero-order valence-corrected chi connectivity index (χ0v) is 8.11. The van der Waals surface area contributed by atoms with Crippen molar-refractivity contribution in [1.82, 2.24) is 0 Å². The van der Waals surface area contributed by atoms with Gasteiger partial charge in [-0.2, -0.15) is 0 Å². The standard InChI is InChI=1S/C10H19O/c1-8-6-9(2,3)11-10(4,5)7-8/h8H,1,6-7H2,2-5H3. The molecule has 1 heteroatoms. The second kappa shape index (κ2) is 2.48. The van der Waals surface area contributed by atoms with Gasteiger partial charge in [-0.3, -0.25) is 0 Å². The second-order valence-electron chi connectivity index (χ2n) is 4.90. The first-order valence-corrected chi connectivity index (χ1v) is 4.34. The number of ether oxygens (including phenoxy) is 1. The van der Waals surface area contributed by atoms with Crippen LogP contribution in [-0.2, 0) is 4.74 Å². The molecule has 1 radical (unpaired) electrons. The van der Waals surface area contributed by atoms with E-state index < -0.39 is 0 Å². The fourth-order valence-corrected chi connectivity index (χ4v) is 2.29. The molecule has 11 heavy (non-hydrogen) atoms. The fourth-order valence-electron chi connectivity index (χ4n) is 2.29. The Balaban J connectivity index is 2.66. The second-order valence-corrected chi connectivity index (χ2v) is 4.90. The topological polar surface area (TPSA) is 9.23 Å². The van der Waals surface area contributed by atoms with E-state index in [2.05, 4.69) is 34.6 Å². The molecule has 1 heterocycles. The molecule has 0 aromatic carbocycles. The first-order valence-electron chi connectivity index (χ1n) is 4.34. The minimum atomic E-state index is 0.0220. The molecule has 0 amide bonds. The third-order valence-corrected chi connectivity index (χ3v) is 2.11. The molecule has 0 aliphatic carbocycles. The lowest BCUT2D eigenvalue weighted by molar-refractivity contribution is -0.166. The van der Waals surface area contributed by atoms with Gasteiger partial charge in [-0.1, -0.05) is 0 Å². The first kappa shape index (κ1) is 9.05. The zero-order valence-electron chi connectivity index (χ0n) is 8.11.